The molecule has 1 aromatic heterocycles. The largest absolute Gasteiger partial charge is 0.358 e. The lowest BCUT2D eigenvalue weighted by Crippen LogP contribution is -1.77. The molecule has 0 unspecified atom stereocenters. The molecule has 0 saturated carbocycles. The molecule has 2 aromatic carbocycles. The van der Waals surface area contributed by atoms with E-state index >= 15 is 0 Å². The number of hydrogen-bond donors (Lipinski definition) is 1. The van der Waals surface area contributed by atoms with Crippen LogP contribution in [0.2, 0.25) is 0 Å². The summed E-state index contributed by atoms with van der Waals surface area (Å²) >= 11 is 3.56. The Morgan fingerprint density at radius 2 is 1.94 bits per heavy atom. The minimum atomic E-state index is 1.12. The average molecular weight is 300 g/mol. The average Bonchev–Trinajstić information content (AvgIpc) is 2.67. The number of benzene rings is 2. The first-order chi connectivity index (χ1) is 8.70. The van der Waals surface area contributed by atoms with Crippen LogP contribution in [0.15, 0.2) is 40.9 Å². The van der Waals surface area contributed by atoms with Gasteiger partial charge in [-0.15, -0.1) is 0 Å². The van der Waals surface area contributed by atoms with Gasteiger partial charge >= 0.3 is 0 Å². The van der Waals surface area contributed by atoms with E-state index in [-0.39, 0.29) is 0 Å². The summed E-state index contributed by atoms with van der Waals surface area (Å²) in [5.74, 6) is 0. The maximum Gasteiger partial charge on any atom is 0.0468 e. The third-order valence-electron chi connectivity index (χ3n) is 3.31. The van der Waals surface area contributed by atoms with E-state index < -0.39 is 0 Å². The van der Waals surface area contributed by atoms with Gasteiger partial charge in [0.2, 0.25) is 0 Å². The predicted octanol–water partition coefficient (Wildman–Crippen LogP) is 5.43. The zero-order valence-corrected chi connectivity index (χ0v) is 12.0. The van der Waals surface area contributed by atoms with Gasteiger partial charge in [-0.25, -0.2) is 0 Å². The van der Waals surface area contributed by atoms with Crippen molar-refractivity contribution in [1.29, 1.82) is 0 Å². The minimum Gasteiger partial charge on any atom is -0.358 e. The number of rotatable bonds is 1. The summed E-state index contributed by atoms with van der Waals surface area (Å²) in [5.41, 5.74) is 3.71. The second kappa shape index (κ2) is 4.29. The van der Waals surface area contributed by atoms with E-state index in [1.807, 2.05) is 0 Å². The Balaban J connectivity index is 2.54. The normalized spacial score (nSPS) is 11.9. The Kier molecular flexibility index (Phi) is 2.75. The van der Waals surface area contributed by atoms with E-state index in [0.717, 1.165) is 4.47 Å². The van der Waals surface area contributed by atoms with Crippen molar-refractivity contribution >= 4 is 43.7 Å². The number of aryl methyl sites for hydroxylation is 1. The first kappa shape index (κ1) is 11.5. The summed E-state index contributed by atoms with van der Waals surface area (Å²) < 4.78 is 1.12. The summed E-state index contributed by atoms with van der Waals surface area (Å²) in [6, 6.07) is 10.8. The summed E-state index contributed by atoms with van der Waals surface area (Å²) in [6.45, 7) is 4.18. The van der Waals surface area contributed by atoms with Crippen LogP contribution >= 0.6 is 15.9 Å². The number of allylic oxidation sites excluding steroid dienone is 1. The standard InChI is InChI=1S/C16H14BrN/c1-3-4-13-10(2)18-15-8-6-11-5-7-12(17)9-14(11)16(13)15/h3-9,18H,1-2H3/b4-3-. The Hall–Kier alpha value is -1.54. The second-order valence-corrected chi connectivity index (χ2v) is 5.43. The van der Waals surface area contributed by atoms with Gasteiger partial charge in [0.1, 0.15) is 0 Å². The maximum absolute atomic E-state index is 3.56. The summed E-state index contributed by atoms with van der Waals surface area (Å²) in [6.07, 6.45) is 4.26. The molecule has 0 fully saturated rings. The highest BCUT2D eigenvalue weighted by atomic mass is 79.9. The number of H-pyrrole nitrogens is 1. The van der Waals surface area contributed by atoms with Crippen LogP contribution in [-0.4, -0.2) is 4.98 Å². The van der Waals surface area contributed by atoms with Gasteiger partial charge in [0.05, 0.1) is 0 Å². The van der Waals surface area contributed by atoms with Crippen molar-refractivity contribution in [3.63, 3.8) is 0 Å². The zero-order chi connectivity index (χ0) is 12.7. The van der Waals surface area contributed by atoms with E-state index in [2.05, 4.69) is 77.2 Å². The summed E-state index contributed by atoms with van der Waals surface area (Å²) in [5, 5.41) is 3.87. The second-order valence-electron chi connectivity index (χ2n) is 4.52. The van der Waals surface area contributed by atoms with Crippen molar-refractivity contribution in [2.24, 2.45) is 0 Å². The van der Waals surface area contributed by atoms with Gasteiger partial charge in [-0.2, -0.15) is 0 Å². The number of aromatic nitrogens is 1. The van der Waals surface area contributed by atoms with Crippen molar-refractivity contribution < 1.29 is 0 Å². The Bertz CT molecular complexity index is 765. The molecular formula is C16H14BrN. The van der Waals surface area contributed by atoms with Gasteiger partial charge in [0.25, 0.3) is 0 Å². The van der Waals surface area contributed by atoms with Crippen LogP contribution in [0.25, 0.3) is 27.8 Å². The molecule has 0 aliphatic heterocycles. The first-order valence-corrected chi connectivity index (χ1v) is 6.83. The fourth-order valence-corrected chi connectivity index (χ4v) is 2.88. The molecule has 3 aromatic rings. The molecule has 2 heteroatoms. The molecule has 1 heterocycles. The highest BCUT2D eigenvalue weighted by Crippen LogP contribution is 2.32. The van der Waals surface area contributed by atoms with Gasteiger partial charge in [-0.3, -0.25) is 0 Å². The molecule has 1 nitrogen and oxygen atoms in total. The van der Waals surface area contributed by atoms with Crippen molar-refractivity contribution in [1.82, 2.24) is 4.98 Å². The quantitative estimate of drug-likeness (QED) is 0.617. The smallest absolute Gasteiger partial charge is 0.0468 e. The van der Waals surface area contributed by atoms with Crippen LogP contribution in [0.5, 0.6) is 0 Å². The van der Waals surface area contributed by atoms with Crippen LogP contribution in [-0.2, 0) is 0 Å². The number of hydrogen-bond acceptors (Lipinski definition) is 0. The molecule has 0 radical (unpaired) electrons. The monoisotopic (exact) mass is 299 g/mol. The molecule has 0 amide bonds. The van der Waals surface area contributed by atoms with Gasteiger partial charge < -0.3 is 4.98 Å². The number of aromatic amines is 1. The summed E-state index contributed by atoms with van der Waals surface area (Å²) in [7, 11) is 0. The summed E-state index contributed by atoms with van der Waals surface area (Å²) in [4.78, 5) is 3.46. The number of halogens is 1. The van der Waals surface area contributed by atoms with Crippen LogP contribution in [0, 0.1) is 6.92 Å². The molecule has 0 bridgehead atoms. The molecule has 0 saturated heterocycles. The molecule has 0 aliphatic rings. The van der Waals surface area contributed by atoms with Gasteiger partial charge in [0.15, 0.2) is 0 Å². The van der Waals surface area contributed by atoms with E-state index in [0.29, 0.717) is 0 Å². The minimum absolute atomic E-state index is 1.12. The number of fused-ring (bicyclic) bond motifs is 3. The van der Waals surface area contributed by atoms with E-state index in [1.54, 1.807) is 0 Å². The lowest BCUT2D eigenvalue weighted by molar-refractivity contribution is 1.29. The zero-order valence-electron chi connectivity index (χ0n) is 10.4. The topological polar surface area (TPSA) is 15.8 Å². The molecule has 90 valence electrons. The lowest BCUT2D eigenvalue weighted by atomic mass is 10.0. The lowest BCUT2D eigenvalue weighted by Gasteiger charge is -2.02. The van der Waals surface area contributed by atoms with E-state index in [4.69, 9.17) is 0 Å². The molecule has 18 heavy (non-hydrogen) atoms. The number of nitrogens with one attached hydrogen (secondary N) is 1. The third kappa shape index (κ3) is 1.68. The molecule has 1 N–H and O–H groups in total. The van der Waals surface area contributed by atoms with Gasteiger partial charge in [-0.1, -0.05) is 40.2 Å². The van der Waals surface area contributed by atoms with Gasteiger partial charge in [-0.05, 0) is 42.8 Å². The van der Waals surface area contributed by atoms with Crippen LogP contribution in [0.4, 0.5) is 0 Å². The Morgan fingerprint density at radius 3 is 2.72 bits per heavy atom. The highest BCUT2D eigenvalue weighted by molar-refractivity contribution is 9.10. The fraction of sp³-hybridized carbons (Fsp3) is 0.125. The molecular weight excluding hydrogens is 286 g/mol. The fourth-order valence-electron chi connectivity index (χ4n) is 2.52. The highest BCUT2D eigenvalue weighted by Gasteiger charge is 2.09. The Labute approximate surface area is 115 Å². The van der Waals surface area contributed by atoms with Crippen LogP contribution in [0.1, 0.15) is 18.2 Å². The SMILES string of the molecule is C/C=C\c1c(C)[nH]c2ccc3ccc(Br)cc3c12. The van der Waals surface area contributed by atoms with Crippen molar-refractivity contribution in [2.45, 2.75) is 13.8 Å². The molecule has 0 atom stereocenters. The third-order valence-corrected chi connectivity index (χ3v) is 3.81. The van der Waals surface area contributed by atoms with E-state index in [9.17, 15) is 0 Å². The van der Waals surface area contributed by atoms with Crippen molar-refractivity contribution in [3.05, 3.63) is 52.1 Å². The predicted molar refractivity (Wildman–Crippen MR) is 82.9 cm³/mol. The Morgan fingerprint density at radius 1 is 1.17 bits per heavy atom. The first-order valence-electron chi connectivity index (χ1n) is 6.04. The van der Waals surface area contributed by atoms with Gasteiger partial charge in [0, 0.05) is 26.6 Å². The molecule has 0 spiro atoms. The van der Waals surface area contributed by atoms with Crippen molar-refractivity contribution in [3.8, 4) is 0 Å². The molecule has 3 rings (SSSR count). The maximum atomic E-state index is 3.56. The van der Waals surface area contributed by atoms with Crippen LogP contribution in [0.3, 0.4) is 0 Å². The van der Waals surface area contributed by atoms with Crippen molar-refractivity contribution in [2.75, 3.05) is 0 Å². The van der Waals surface area contributed by atoms with E-state index in [1.165, 1.54) is 32.9 Å². The molecule has 0 aliphatic carbocycles. The van der Waals surface area contributed by atoms with Crippen LogP contribution < -0.4 is 0 Å².